The Kier molecular flexibility index (Phi) is 2.42. The highest BCUT2D eigenvalue weighted by atomic mass is 16.5. The number of hydrogen-bond donors (Lipinski definition) is 1. The summed E-state index contributed by atoms with van der Waals surface area (Å²) in [6.45, 7) is 5.50. The Bertz CT molecular complexity index is 389. The predicted molar refractivity (Wildman–Crippen MR) is 54.6 cm³/mol. The van der Waals surface area contributed by atoms with Gasteiger partial charge in [-0.05, 0) is 6.92 Å². The first-order valence-corrected chi connectivity index (χ1v) is 5.16. The minimum Gasteiger partial charge on any atom is -0.464 e. The third kappa shape index (κ3) is 1.31. The van der Waals surface area contributed by atoms with Gasteiger partial charge in [0, 0.05) is 6.42 Å². The van der Waals surface area contributed by atoms with Gasteiger partial charge in [-0.1, -0.05) is 6.08 Å². The Morgan fingerprint density at radius 1 is 1.50 bits per heavy atom. The molecule has 3 atom stereocenters. The second-order valence-electron chi connectivity index (χ2n) is 4.26. The van der Waals surface area contributed by atoms with Crippen LogP contribution in [0.15, 0.2) is 12.7 Å². The normalized spacial score (nSPS) is 38.2. The van der Waals surface area contributed by atoms with Crippen LogP contribution >= 0.6 is 0 Å². The first-order valence-electron chi connectivity index (χ1n) is 5.16. The van der Waals surface area contributed by atoms with Crippen LogP contribution in [0.3, 0.4) is 0 Å². The lowest BCUT2D eigenvalue weighted by atomic mass is 9.65. The van der Waals surface area contributed by atoms with Crippen molar-refractivity contribution in [3.05, 3.63) is 12.7 Å². The van der Waals surface area contributed by atoms with E-state index in [1.54, 1.807) is 6.92 Å². The fraction of sp³-hybridized carbons (Fsp3) is 0.545. The third-order valence-electron chi connectivity index (χ3n) is 3.25. The Morgan fingerprint density at radius 2 is 2.19 bits per heavy atom. The molecule has 2 rings (SSSR count). The van der Waals surface area contributed by atoms with Crippen LogP contribution in [-0.2, 0) is 19.1 Å². The summed E-state index contributed by atoms with van der Waals surface area (Å²) in [7, 11) is 0. The number of ketones is 2. The largest absolute Gasteiger partial charge is 0.464 e. The van der Waals surface area contributed by atoms with Crippen molar-refractivity contribution >= 4 is 17.5 Å². The van der Waals surface area contributed by atoms with Crippen LogP contribution in [0, 0.1) is 5.92 Å². The summed E-state index contributed by atoms with van der Waals surface area (Å²) in [5.74, 6) is -1.85. The maximum atomic E-state index is 11.5. The first kappa shape index (κ1) is 11.0. The summed E-state index contributed by atoms with van der Waals surface area (Å²) in [4.78, 5) is 34.1. The van der Waals surface area contributed by atoms with Crippen molar-refractivity contribution in [3.8, 4) is 0 Å². The van der Waals surface area contributed by atoms with Gasteiger partial charge in [-0.15, -0.1) is 6.58 Å². The van der Waals surface area contributed by atoms with Gasteiger partial charge in [-0.3, -0.25) is 19.7 Å². The van der Waals surface area contributed by atoms with E-state index in [1.807, 2.05) is 0 Å². The number of rotatable bonds is 3. The topological polar surface area (TPSA) is 72.5 Å². The molecule has 1 saturated heterocycles. The van der Waals surface area contributed by atoms with E-state index < -0.39 is 29.1 Å². The van der Waals surface area contributed by atoms with Crippen LogP contribution in [0.5, 0.6) is 0 Å². The molecule has 16 heavy (non-hydrogen) atoms. The van der Waals surface area contributed by atoms with Crippen molar-refractivity contribution in [2.24, 2.45) is 5.92 Å². The lowest BCUT2D eigenvalue weighted by Gasteiger charge is -2.43. The quantitative estimate of drug-likeness (QED) is 0.400. The second-order valence-corrected chi connectivity index (χ2v) is 4.26. The van der Waals surface area contributed by atoms with Gasteiger partial charge in [-0.25, -0.2) is 0 Å². The van der Waals surface area contributed by atoms with Crippen LogP contribution in [0.4, 0.5) is 0 Å². The van der Waals surface area contributed by atoms with Crippen LogP contribution in [-0.4, -0.2) is 35.7 Å². The third-order valence-corrected chi connectivity index (χ3v) is 3.25. The molecule has 1 heterocycles. The highest BCUT2D eigenvalue weighted by molar-refractivity contribution is 6.49. The van der Waals surface area contributed by atoms with Gasteiger partial charge in [0.15, 0.2) is 0 Å². The van der Waals surface area contributed by atoms with Crippen LogP contribution in [0.2, 0.25) is 0 Å². The van der Waals surface area contributed by atoms with Crippen molar-refractivity contribution in [3.63, 3.8) is 0 Å². The molecule has 0 amide bonds. The van der Waals surface area contributed by atoms with E-state index in [0.717, 1.165) is 0 Å². The zero-order valence-corrected chi connectivity index (χ0v) is 8.99. The Morgan fingerprint density at radius 3 is 2.69 bits per heavy atom. The molecule has 1 aliphatic carbocycles. The molecule has 2 aliphatic rings. The summed E-state index contributed by atoms with van der Waals surface area (Å²) in [6.07, 6.45) is 1.97. The van der Waals surface area contributed by atoms with Gasteiger partial charge in [-0.2, -0.15) is 0 Å². The van der Waals surface area contributed by atoms with E-state index in [4.69, 9.17) is 4.74 Å². The molecule has 1 saturated carbocycles. The molecule has 2 fully saturated rings. The number of carbonyl (C=O) groups excluding carboxylic acids is 3. The van der Waals surface area contributed by atoms with Gasteiger partial charge in [0.2, 0.25) is 11.6 Å². The van der Waals surface area contributed by atoms with Crippen LogP contribution in [0.1, 0.15) is 13.3 Å². The van der Waals surface area contributed by atoms with Crippen molar-refractivity contribution in [2.45, 2.75) is 24.9 Å². The van der Waals surface area contributed by atoms with E-state index >= 15 is 0 Å². The number of carbonyl (C=O) groups is 3. The molecule has 0 spiro atoms. The van der Waals surface area contributed by atoms with E-state index in [9.17, 15) is 14.4 Å². The zero-order chi connectivity index (χ0) is 11.9. The van der Waals surface area contributed by atoms with Crippen molar-refractivity contribution in [1.82, 2.24) is 5.32 Å². The summed E-state index contributed by atoms with van der Waals surface area (Å²) < 4.78 is 4.79. The molecule has 0 bridgehead atoms. The number of esters is 1. The minimum atomic E-state index is -0.993. The molecule has 0 aromatic heterocycles. The molecule has 5 nitrogen and oxygen atoms in total. The van der Waals surface area contributed by atoms with E-state index in [1.165, 1.54) is 6.08 Å². The lowest BCUT2D eigenvalue weighted by Crippen LogP contribution is -2.71. The van der Waals surface area contributed by atoms with Gasteiger partial charge in [0.05, 0.1) is 18.1 Å². The predicted octanol–water partition coefficient (Wildman–Crippen LogP) is -0.396. The summed E-state index contributed by atoms with van der Waals surface area (Å²) in [6, 6.07) is -0.496. The average Bonchev–Trinajstić information content (AvgIpc) is 2.64. The van der Waals surface area contributed by atoms with Gasteiger partial charge >= 0.3 is 5.97 Å². The number of ether oxygens (including phenoxy) is 1. The van der Waals surface area contributed by atoms with E-state index in [-0.39, 0.29) is 5.97 Å². The molecule has 0 aromatic rings. The van der Waals surface area contributed by atoms with Gasteiger partial charge < -0.3 is 4.74 Å². The zero-order valence-electron chi connectivity index (χ0n) is 8.99. The Hall–Kier alpha value is -1.49. The maximum Gasteiger partial charge on any atom is 0.323 e. The first-order chi connectivity index (χ1) is 7.50. The van der Waals surface area contributed by atoms with Crippen molar-refractivity contribution in [2.75, 3.05) is 6.61 Å². The van der Waals surface area contributed by atoms with Crippen LogP contribution in [0.25, 0.3) is 0 Å². The van der Waals surface area contributed by atoms with E-state index in [2.05, 4.69) is 11.9 Å². The molecule has 5 heteroatoms. The molecule has 86 valence electrons. The Labute approximate surface area is 92.8 Å². The summed E-state index contributed by atoms with van der Waals surface area (Å²) in [5.41, 5.74) is -0.993. The molecule has 0 radical (unpaired) electrons. The SMILES string of the molecule is C=CC1C(=O)C(=O)C1(C)N[C@@H]1CCOC1=O. The number of Topliss-reactive ketones (excluding diaryl/α,β-unsaturated/α-hetero) is 2. The summed E-state index contributed by atoms with van der Waals surface area (Å²) in [5, 5.41) is 2.91. The smallest absolute Gasteiger partial charge is 0.323 e. The molecule has 1 aliphatic heterocycles. The highest BCUT2D eigenvalue weighted by Gasteiger charge is 2.58. The fourth-order valence-electron chi connectivity index (χ4n) is 2.21. The number of cyclic esters (lactones) is 1. The molecule has 1 N–H and O–H groups in total. The highest BCUT2D eigenvalue weighted by Crippen LogP contribution is 2.33. The second kappa shape index (κ2) is 3.52. The molecule has 0 aromatic carbocycles. The maximum absolute atomic E-state index is 11.5. The lowest BCUT2D eigenvalue weighted by molar-refractivity contribution is -0.154. The Balaban J connectivity index is 2.13. The standard InChI is InChI=1S/C11H13NO4/c1-3-6-8(13)9(14)11(6,2)12-7-4-5-16-10(7)15/h3,6-7,12H,1,4-5H2,2H3/t6?,7-,11?/m1/s1. The van der Waals surface area contributed by atoms with Crippen LogP contribution < -0.4 is 5.32 Å². The van der Waals surface area contributed by atoms with Crippen molar-refractivity contribution < 1.29 is 19.1 Å². The number of nitrogens with one attached hydrogen (secondary N) is 1. The monoisotopic (exact) mass is 223 g/mol. The van der Waals surface area contributed by atoms with Gasteiger partial charge in [0.1, 0.15) is 6.04 Å². The number of hydrogen-bond acceptors (Lipinski definition) is 5. The van der Waals surface area contributed by atoms with Gasteiger partial charge in [0.25, 0.3) is 0 Å². The molecular formula is C11H13NO4. The average molecular weight is 223 g/mol. The van der Waals surface area contributed by atoms with E-state index in [0.29, 0.717) is 13.0 Å². The van der Waals surface area contributed by atoms with Crippen molar-refractivity contribution in [1.29, 1.82) is 0 Å². The fourth-order valence-corrected chi connectivity index (χ4v) is 2.21. The molecular weight excluding hydrogens is 210 g/mol. The molecule has 2 unspecified atom stereocenters. The summed E-state index contributed by atoms with van der Waals surface area (Å²) >= 11 is 0. The minimum absolute atomic E-state index is 0.355.